The van der Waals surface area contributed by atoms with Gasteiger partial charge in [-0.15, -0.1) is 0 Å². The first-order valence-electron chi connectivity index (χ1n) is 4.16. The predicted molar refractivity (Wildman–Crippen MR) is 51.9 cm³/mol. The lowest BCUT2D eigenvalue weighted by Crippen LogP contribution is -2.02. The van der Waals surface area contributed by atoms with E-state index in [1.54, 1.807) is 6.07 Å². The molecule has 64 valence electrons. The van der Waals surface area contributed by atoms with Crippen LogP contribution in [0.3, 0.4) is 0 Å². The number of hydrogen-bond acceptors (Lipinski definition) is 3. The van der Waals surface area contributed by atoms with Crippen LogP contribution < -0.4 is 16.8 Å². The number of hydrogen-bond donors (Lipinski definition) is 3. The molecule has 0 amide bonds. The Balaban J connectivity index is 2.18. The van der Waals surface area contributed by atoms with Gasteiger partial charge in [-0.2, -0.15) is 0 Å². The highest BCUT2D eigenvalue weighted by Gasteiger charge is 2.20. The zero-order chi connectivity index (χ0) is 8.55. The Morgan fingerprint density at radius 3 is 2.17 bits per heavy atom. The van der Waals surface area contributed by atoms with Crippen molar-refractivity contribution < 1.29 is 0 Å². The van der Waals surface area contributed by atoms with Gasteiger partial charge in [0.15, 0.2) is 0 Å². The van der Waals surface area contributed by atoms with E-state index in [0.29, 0.717) is 6.04 Å². The van der Waals surface area contributed by atoms with Gasteiger partial charge in [0.25, 0.3) is 0 Å². The number of nitrogen functional groups attached to an aromatic ring is 2. The molecule has 0 spiro atoms. The summed E-state index contributed by atoms with van der Waals surface area (Å²) in [6.07, 6.45) is 2.52. The fraction of sp³-hybridized carbons (Fsp3) is 0.333. The van der Waals surface area contributed by atoms with Crippen LogP contribution in [0.15, 0.2) is 18.2 Å². The molecule has 2 rings (SSSR count). The van der Waals surface area contributed by atoms with E-state index in [4.69, 9.17) is 11.5 Å². The number of benzene rings is 1. The lowest BCUT2D eigenvalue weighted by Gasteiger charge is -2.06. The second-order valence-electron chi connectivity index (χ2n) is 3.31. The van der Waals surface area contributed by atoms with Crippen LogP contribution in [0.1, 0.15) is 12.8 Å². The summed E-state index contributed by atoms with van der Waals surface area (Å²) in [7, 11) is 0. The molecule has 5 N–H and O–H groups in total. The summed E-state index contributed by atoms with van der Waals surface area (Å²) in [6.45, 7) is 0. The second kappa shape index (κ2) is 2.59. The second-order valence-corrected chi connectivity index (χ2v) is 3.31. The summed E-state index contributed by atoms with van der Waals surface area (Å²) in [5, 5.41) is 3.34. The van der Waals surface area contributed by atoms with Crippen molar-refractivity contribution in [3.63, 3.8) is 0 Å². The van der Waals surface area contributed by atoms with Gasteiger partial charge in [-0.25, -0.2) is 0 Å². The molecule has 0 aromatic heterocycles. The first-order valence-corrected chi connectivity index (χ1v) is 4.16. The Morgan fingerprint density at radius 2 is 1.67 bits per heavy atom. The third kappa shape index (κ3) is 1.61. The van der Waals surface area contributed by atoms with Gasteiger partial charge in [-0.3, -0.25) is 0 Å². The van der Waals surface area contributed by atoms with Crippen molar-refractivity contribution in [2.75, 3.05) is 16.8 Å². The fourth-order valence-electron chi connectivity index (χ4n) is 1.22. The monoisotopic (exact) mass is 163 g/mol. The summed E-state index contributed by atoms with van der Waals surface area (Å²) >= 11 is 0. The minimum atomic E-state index is 0.645. The minimum Gasteiger partial charge on any atom is -0.399 e. The Morgan fingerprint density at radius 1 is 1.08 bits per heavy atom. The molecular formula is C9H13N3. The molecule has 1 fully saturated rings. The van der Waals surface area contributed by atoms with Crippen LogP contribution in [0.25, 0.3) is 0 Å². The zero-order valence-electron chi connectivity index (χ0n) is 6.88. The van der Waals surface area contributed by atoms with Gasteiger partial charge >= 0.3 is 0 Å². The van der Waals surface area contributed by atoms with Crippen molar-refractivity contribution in [1.29, 1.82) is 0 Å². The van der Waals surface area contributed by atoms with E-state index in [1.807, 2.05) is 12.1 Å². The van der Waals surface area contributed by atoms with E-state index in [0.717, 1.165) is 17.1 Å². The minimum absolute atomic E-state index is 0.645. The van der Waals surface area contributed by atoms with E-state index in [1.165, 1.54) is 12.8 Å². The molecular weight excluding hydrogens is 150 g/mol. The smallest absolute Gasteiger partial charge is 0.0383 e. The van der Waals surface area contributed by atoms with Gasteiger partial charge < -0.3 is 16.8 Å². The average Bonchev–Trinajstić information content (AvgIpc) is 2.68. The van der Waals surface area contributed by atoms with Crippen LogP contribution >= 0.6 is 0 Å². The van der Waals surface area contributed by atoms with E-state index in [9.17, 15) is 0 Å². The number of nitrogens with two attached hydrogens (primary N) is 2. The largest absolute Gasteiger partial charge is 0.399 e. The Kier molecular flexibility index (Phi) is 1.57. The normalized spacial score (nSPS) is 16.0. The maximum atomic E-state index is 5.64. The van der Waals surface area contributed by atoms with E-state index < -0.39 is 0 Å². The summed E-state index contributed by atoms with van der Waals surface area (Å²) in [6, 6.07) is 6.23. The Hall–Kier alpha value is -1.38. The number of anilines is 3. The lowest BCUT2D eigenvalue weighted by atomic mass is 10.2. The van der Waals surface area contributed by atoms with E-state index in [2.05, 4.69) is 5.32 Å². The molecule has 12 heavy (non-hydrogen) atoms. The molecule has 3 heteroatoms. The molecule has 0 aliphatic heterocycles. The maximum absolute atomic E-state index is 5.64. The van der Waals surface area contributed by atoms with E-state index >= 15 is 0 Å². The molecule has 0 radical (unpaired) electrons. The average molecular weight is 163 g/mol. The zero-order valence-corrected chi connectivity index (χ0v) is 6.88. The van der Waals surface area contributed by atoms with Gasteiger partial charge in [-0.05, 0) is 31.0 Å². The molecule has 1 aromatic rings. The summed E-state index contributed by atoms with van der Waals surface area (Å²) in [5.74, 6) is 0. The van der Waals surface area contributed by atoms with Crippen LogP contribution in [-0.2, 0) is 0 Å². The fourth-order valence-corrected chi connectivity index (χ4v) is 1.22. The predicted octanol–water partition coefficient (Wildman–Crippen LogP) is 1.43. The third-order valence-electron chi connectivity index (χ3n) is 1.93. The van der Waals surface area contributed by atoms with Crippen LogP contribution in [0, 0.1) is 0 Å². The first kappa shape index (κ1) is 7.28. The van der Waals surface area contributed by atoms with Gasteiger partial charge in [-0.1, -0.05) is 0 Å². The molecule has 0 unspecified atom stereocenters. The third-order valence-corrected chi connectivity index (χ3v) is 1.93. The molecule has 1 aliphatic carbocycles. The summed E-state index contributed by atoms with van der Waals surface area (Å²) < 4.78 is 0. The molecule has 3 nitrogen and oxygen atoms in total. The number of rotatable bonds is 2. The number of nitrogens with one attached hydrogen (secondary N) is 1. The summed E-state index contributed by atoms with van der Waals surface area (Å²) in [5.41, 5.74) is 13.7. The standard InChI is InChI=1S/C9H13N3/c10-6-3-7(11)5-9(4-6)12-8-1-2-8/h3-5,8,12H,1-2,10-11H2. The van der Waals surface area contributed by atoms with Crippen molar-refractivity contribution in [3.8, 4) is 0 Å². The quantitative estimate of drug-likeness (QED) is 0.578. The van der Waals surface area contributed by atoms with Crippen LogP contribution in [0.2, 0.25) is 0 Å². The van der Waals surface area contributed by atoms with Crippen LogP contribution in [0.4, 0.5) is 17.1 Å². The first-order chi connectivity index (χ1) is 5.74. The van der Waals surface area contributed by atoms with E-state index in [-0.39, 0.29) is 0 Å². The van der Waals surface area contributed by atoms with Crippen LogP contribution in [0.5, 0.6) is 0 Å². The molecule has 0 bridgehead atoms. The van der Waals surface area contributed by atoms with Crippen LogP contribution in [-0.4, -0.2) is 6.04 Å². The molecule has 1 aromatic carbocycles. The topological polar surface area (TPSA) is 64.1 Å². The maximum Gasteiger partial charge on any atom is 0.0383 e. The van der Waals surface area contributed by atoms with Crippen molar-refractivity contribution >= 4 is 17.1 Å². The molecule has 0 heterocycles. The van der Waals surface area contributed by atoms with Gasteiger partial charge in [0.2, 0.25) is 0 Å². The Labute approximate surface area is 71.8 Å². The lowest BCUT2D eigenvalue weighted by molar-refractivity contribution is 1.16. The molecule has 1 saturated carbocycles. The van der Waals surface area contributed by atoms with Gasteiger partial charge in [0.1, 0.15) is 0 Å². The van der Waals surface area contributed by atoms with Crippen molar-refractivity contribution in [2.24, 2.45) is 0 Å². The Bertz CT molecular complexity index is 272. The van der Waals surface area contributed by atoms with Gasteiger partial charge in [0.05, 0.1) is 0 Å². The molecule has 0 atom stereocenters. The van der Waals surface area contributed by atoms with Crippen molar-refractivity contribution in [3.05, 3.63) is 18.2 Å². The highest BCUT2D eigenvalue weighted by atomic mass is 15.0. The van der Waals surface area contributed by atoms with Crippen molar-refractivity contribution in [2.45, 2.75) is 18.9 Å². The SMILES string of the molecule is Nc1cc(N)cc(NC2CC2)c1. The van der Waals surface area contributed by atoms with Gasteiger partial charge in [0, 0.05) is 23.1 Å². The highest BCUT2D eigenvalue weighted by Crippen LogP contribution is 2.26. The van der Waals surface area contributed by atoms with Crippen molar-refractivity contribution in [1.82, 2.24) is 0 Å². The molecule has 1 aliphatic rings. The molecule has 0 saturated heterocycles. The highest BCUT2D eigenvalue weighted by molar-refractivity contribution is 5.64. The summed E-state index contributed by atoms with van der Waals surface area (Å²) in [4.78, 5) is 0.